The molecule has 1 aliphatic carbocycles. The first-order chi connectivity index (χ1) is 9.90. The maximum Gasteiger partial charge on any atom is 0.0538 e. The summed E-state index contributed by atoms with van der Waals surface area (Å²) < 4.78 is 0. The molecule has 0 amide bonds. The molecule has 5 rings (SSSR count). The van der Waals surface area contributed by atoms with Crippen LogP contribution in [0.1, 0.15) is 41.3 Å². The standard InChI is InChI=1S/C17H19N3/c1-2-4-12-8-14(7-11(12)3-1)20-13-5-6-17(20)15-10-18-19-16(15)9-13/h1-4,10,13-14,17H,5-9H2,(H,18,19)/t13-,17-/m0/s1. The van der Waals surface area contributed by atoms with Crippen LogP contribution in [0.25, 0.3) is 0 Å². The zero-order valence-corrected chi connectivity index (χ0v) is 11.5. The molecule has 0 saturated carbocycles. The van der Waals surface area contributed by atoms with Crippen molar-refractivity contribution in [3.63, 3.8) is 0 Å². The van der Waals surface area contributed by atoms with E-state index in [-0.39, 0.29) is 0 Å². The summed E-state index contributed by atoms with van der Waals surface area (Å²) in [4.78, 5) is 2.82. The maximum absolute atomic E-state index is 4.27. The molecule has 1 aromatic carbocycles. The first-order valence-corrected chi connectivity index (χ1v) is 7.76. The van der Waals surface area contributed by atoms with E-state index < -0.39 is 0 Å². The van der Waals surface area contributed by atoms with Crippen molar-refractivity contribution in [1.29, 1.82) is 0 Å². The number of rotatable bonds is 1. The molecule has 2 bridgehead atoms. The van der Waals surface area contributed by atoms with Crippen molar-refractivity contribution in [1.82, 2.24) is 15.1 Å². The minimum Gasteiger partial charge on any atom is -0.289 e. The molecule has 2 aromatic rings. The van der Waals surface area contributed by atoms with E-state index in [0.717, 1.165) is 6.04 Å². The fourth-order valence-electron chi connectivity index (χ4n) is 4.73. The smallest absolute Gasteiger partial charge is 0.0538 e. The second-order valence-corrected chi connectivity index (χ2v) is 6.53. The number of aromatic amines is 1. The Morgan fingerprint density at radius 3 is 2.60 bits per heavy atom. The van der Waals surface area contributed by atoms with Crippen LogP contribution in [0.15, 0.2) is 30.5 Å². The lowest BCUT2D eigenvalue weighted by atomic mass is 9.97. The van der Waals surface area contributed by atoms with E-state index in [1.807, 2.05) is 0 Å². The highest BCUT2D eigenvalue weighted by Crippen LogP contribution is 2.46. The number of H-pyrrole nitrogens is 1. The molecule has 102 valence electrons. The van der Waals surface area contributed by atoms with Crippen LogP contribution in [0.5, 0.6) is 0 Å². The summed E-state index contributed by atoms with van der Waals surface area (Å²) in [6.07, 6.45) is 8.35. The predicted octanol–water partition coefficient (Wildman–Crippen LogP) is 2.64. The summed E-state index contributed by atoms with van der Waals surface area (Å²) in [7, 11) is 0. The summed E-state index contributed by atoms with van der Waals surface area (Å²) in [5.74, 6) is 0. The van der Waals surface area contributed by atoms with Crippen LogP contribution in [-0.2, 0) is 19.3 Å². The molecule has 3 aliphatic rings. The molecule has 1 aromatic heterocycles. The Morgan fingerprint density at radius 2 is 1.80 bits per heavy atom. The van der Waals surface area contributed by atoms with Crippen LogP contribution in [0.3, 0.4) is 0 Å². The van der Waals surface area contributed by atoms with Crippen molar-refractivity contribution in [2.24, 2.45) is 0 Å². The molecular weight excluding hydrogens is 246 g/mol. The fraction of sp³-hybridized carbons (Fsp3) is 0.471. The third-order valence-corrected chi connectivity index (χ3v) is 5.56. The Labute approximate surface area is 119 Å². The SMILES string of the molecule is c1ccc2c(c1)CC(N1[C@H]3CC[C@H]1c1cn[nH]c1C3)C2. The quantitative estimate of drug-likeness (QED) is 0.859. The summed E-state index contributed by atoms with van der Waals surface area (Å²) in [5, 5.41) is 7.48. The highest BCUT2D eigenvalue weighted by Gasteiger charge is 2.45. The van der Waals surface area contributed by atoms with Gasteiger partial charge in [-0.05, 0) is 36.8 Å². The Bertz CT molecular complexity index is 635. The van der Waals surface area contributed by atoms with Gasteiger partial charge >= 0.3 is 0 Å². The molecule has 2 aliphatic heterocycles. The third-order valence-electron chi connectivity index (χ3n) is 5.56. The molecular formula is C17H19N3. The Morgan fingerprint density at radius 1 is 1.00 bits per heavy atom. The van der Waals surface area contributed by atoms with E-state index in [1.54, 1.807) is 11.1 Å². The van der Waals surface area contributed by atoms with Gasteiger partial charge in [0.2, 0.25) is 0 Å². The van der Waals surface area contributed by atoms with Gasteiger partial charge in [0, 0.05) is 35.8 Å². The van der Waals surface area contributed by atoms with Crippen molar-refractivity contribution in [2.75, 3.05) is 0 Å². The van der Waals surface area contributed by atoms with Crippen molar-refractivity contribution in [3.8, 4) is 0 Å². The first-order valence-electron chi connectivity index (χ1n) is 7.76. The summed E-state index contributed by atoms with van der Waals surface area (Å²) in [6, 6.07) is 11.0. The maximum atomic E-state index is 4.27. The van der Waals surface area contributed by atoms with Gasteiger partial charge in [-0.2, -0.15) is 5.10 Å². The number of hydrogen-bond donors (Lipinski definition) is 1. The van der Waals surface area contributed by atoms with E-state index in [1.165, 1.54) is 43.4 Å². The Balaban J connectivity index is 1.49. The topological polar surface area (TPSA) is 31.9 Å². The van der Waals surface area contributed by atoms with Gasteiger partial charge in [0.25, 0.3) is 0 Å². The third kappa shape index (κ3) is 1.41. The van der Waals surface area contributed by atoms with E-state index in [0.29, 0.717) is 12.1 Å². The van der Waals surface area contributed by atoms with Crippen LogP contribution < -0.4 is 0 Å². The van der Waals surface area contributed by atoms with Crippen molar-refractivity contribution >= 4 is 0 Å². The predicted molar refractivity (Wildman–Crippen MR) is 77.5 cm³/mol. The molecule has 0 unspecified atom stereocenters. The average Bonchev–Trinajstić information content (AvgIpc) is 3.15. The molecule has 0 radical (unpaired) electrons. The largest absolute Gasteiger partial charge is 0.289 e. The molecule has 3 heteroatoms. The number of hydrogen-bond acceptors (Lipinski definition) is 2. The molecule has 0 spiro atoms. The molecule has 1 fully saturated rings. The molecule has 1 saturated heterocycles. The molecule has 1 N–H and O–H groups in total. The average molecular weight is 265 g/mol. The monoisotopic (exact) mass is 265 g/mol. The number of nitrogens with zero attached hydrogens (tertiary/aromatic N) is 2. The van der Waals surface area contributed by atoms with E-state index in [4.69, 9.17) is 0 Å². The minimum atomic E-state index is 0.613. The van der Waals surface area contributed by atoms with Crippen molar-refractivity contribution in [3.05, 3.63) is 52.8 Å². The van der Waals surface area contributed by atoms with Gasteiger partial charge in [-0.25, -0.2) is 0 Å². The van der Waals surface area contributed by atoms with Crippen LogP contribution in [0.4, 0.5) is 0 Å². The summed E-state index contributed by atoms with van der Waals surface area (Å²) in [5.41, 5.74) is 5.99. The van der Waals surface area contributed by atoms with E-state index in [2.05, 4.69) is 45.6 Å². The molecule has 3 heterocycles. The molecule has 2 atom stereocenters. The van der Waals surface area contributed by atoms with Gasteiger partial charge in [-0.1, -0.05) is 24.3 Å². The lowest BCUT2D eigenvalue weighted by Gasteiger charge is -2.39. The fourth-order valence-corrected chi connectivity index (χ4v) is 4.73. The zero-order chi connectivity index (χ0) is 13.1. The first kappa shape index (κ1) is 11.1. The highest BCUT2D eigenvalue weighted by molar-refractivity contribution is 5.35. The highest BCUT2D eigenvalue weighted by atomic mass is 15.3. The van der Waals surface area contributed by atoms with Gasteiger partial charge in [-0.15, -0.1) is 0 Å². The molecule has 3 nitrogen and oxygen atoms in total. The van der Waals surface area contributed by atoms with Gasteiger partial charge < -0.3 is 0 Å². The van der Waals surface area contributed by atoms with Crippen LogP contribution in [0.2, 0.25) is 0 Å². The van der Waals surface area contributed by atoms with Crippen LogP contribution in [-0.4, -0.2) is 27.2 Å². The van der Waals surface area contributed by atoms with Gasteiger partial charge in [0.1, 0.15) is 0 Å². The van der Waals surface area contributed by atoms with Crippen LogP contribution >= 0.6 is 0 Å². The lowest BCUT2D eigenvalue weighted by Crippen LogP contribution is -2.44. The zero-order valence-electron chi connectivity index (χ0n) is 11.5. The Hall–Kier alpha value is -1.61. The van der Waals surface area contributed by atoms with E-state index >= 15 is 0 Å². The molecule has 20 heavy (non-hydrogen) atoms. The van der Waals surface area contributed by atoms with Crippen molar-refractivity contribution < 1.29 is 0 Å². The van der Waals surface area contributed by atoms with Gasteiger partial charge in [0.15, 0.2) is 0 Å². The summed E-state index contributed by atoms with van der Waals surface area (Å²) in [6.45, 7) is 0. The van der Waals surface area contributed by atoms with E-state index in [9.17, 15) is 0 Å². The number of fused-ring (bicyclic) bond motifs is 5. The second-order valence-electron chi connectivity index (χ2n) is 6.53. The van der Waals surface area contributed by atoms with Gasteiger partial charge in [0.05, 0.1) is 6.20 Å². The van der Waals surface area contributed by atoms with Crippen molar-refractivity contribution in [2.45, 2.75) is 50.2 Å². The minimum absolute atomic E-state index is 0.613. The van der Waals surface area contributed by atoms with Crippen LogP contribution in [0, 0.1) is 0 Å². The normalized spacial score (nSPS) is 28.6. The lowest BCUT2D eigenvalue weighted by molar-refractivity contribution is 0.119. The number of benzene rings is 1. The number of aromatic nitrogens is 2. The Kier molecular flexibility index (Phi) is 2.19. The van der Waals surface area contributed by atoms with Gasteiger partial charge in [-0.3, -0.25) is 10.00 Å². The summed E-state index contributed by atoms with van der Waals surface area (Å²) >= 11 is 0. The second kappa shape index (κ2) is 3.95. The number of nitrogens with one attached hydrogen (secondary N) is 1.